The summed E-state index contributed by atoms with van der Waals surface area (Å²) in [7, 11) is 0. The number of carbonyl (C=O) groups is 1. The van der Waals surface area contributed by atoms with E-state index in [-0.39, 0.29) is 11.9 Å². The van der Waals surface area contributed by atoms with Crippen LogP contribution in [0, 0.1) is 6.92 Å². The second kappa shape index (κ2) is 5.53. The van der Waals surface area contributed by atoms with Crippen LogP contribution in [0.2, 0.25) is 0 Å². The Labute approximate surface area is 109 Å². The summed E-state index contributed by atoms with van der Waals surface area (Å²) < 4.78 is 0. The predicted molar refractivity (Wildman–Crippen MR) is 73.0 cm³/mol. The molecule has 0 aromatic heterocycles. The molecule has 1 aromatic carbocycles. The van der Waals surface area contributed by atoms with Gasteiger partial charge in [0.05, 0.1) is 0 Å². The molecular weight excluding hydrogens is 224 g/mol. The predicted octanol–water partition coefficient (Wildman–Crippen LogP) is 2.22. The molecule has 0 spiro atoms. The van der Waals surface area contributed by atoms with Gasteiger partial charge in [-0.2, -0.15) is 0 Å². The number of nitrogens with two attached hydrogens (primary N) is 1. The van der Waals surface area contributed by atoms with Crippen molar-refractivity contribution in [3.05, 3.63) is 35.4 Å². The fourth-order valence-electron chi connectivity index (χ4n) is 2.09. The van der Waals surface area contributed by atoms with Crippen molar-refractivity contribution in [1.82, 2.24) is 4.90 Å². The summed E-state index contributed by atoms with van der Waals surface area (Å²) in [6.45, 7) is 4.68. The van der Waals surface area contributed by atoms with Crippen molar-refractivity contribution in [3.63, 3.8) is 0 Å². The third-order valence-electron chi connectivity index (χ3n) is 3.28. The molecule has 2 N–H and O–H groups in total. The molecule has 1 saturated carbocycles. The molecule has 0 heterocycles. The number of hydrogen-bond donors (Lipinski definition) is 1. The van der Waals surface area contributed by atoms with Crippen molar-refractivity contribution in [2.24, 2.45) is 5.73 Å². The summed E-state index contributed by atoms with van der Waals surface area (Å²) in [5.41, 5.74) is 8.17. The van der Waals surface area contributed by atoms with E-state index in [2.05, 4.69) is 31.2 Å². The van der Waals surface area contributed by atoms with Crippen LogP contribution in [-0.2, 0) is 11.3 Å². The van der Waals surface area contributed by atoms with Crippen molar-refractivity contribution in [2.75, 3.05) is 0 Å². The van der Waals surface area contributed by atoms with Crippen LogP contribution in [-0.4, -0.2) is 22.9 Å². The van der Waals surface area contributed by atoms with Gasteiger partial charge in [0.15, 0.2) is 0 Å². The molecule has 0 bridgehead atoms. The second-order valence-electron chi connectivity index (χ2n) is 5.42. The third kappa shape index (κ3) is 3.57. The largest absolute Gasteiger partial charge is 0.335 e. The molecule has 2 rings (SSSR count). The van der Waals surface area contributed by atoms with E-state index in [0.29, 0.717) is 12.5 Å². The highest BCUT2D eigenvalue weighted by atomic mass is 16.2. The van der Waals surface area contributed by atoms with Gasteiger partial charge in [-0.25, -0.2) is 0 Å². The summed E-state index contributed by atoms with van der Waals surface area (Å²) in [5.74, 6) is 0.188. The number of aryl methyl sites for hydroxylation is 1. The standard InChI is InChI=1S/C15H22N2O/c1-11-3-5-13(6-4-11)10-17(14-7-8-14)15(18)9-12(2)16/h3-6,12,14H,7-10,16H2,1-2H3. The molecular formula is C15H22N2O. The molecule has 1 fully saturated rings. The van der Waals surface area contributed by atoms with Gasteiger partial charge in [0.2, 0.25) is 5.91 Å². The van der Waals surface area contributed by atoms with E-state index in [0.717, 1.165) is 19.4 Å². The molecule has 18 heavy (non-hydrogen) atoms. The summed E-state index contributed by atoms with van der Waals surface area (Å²) in [6.07, 6.45) is 2.72. The molecule has 1 aromatic rings. The summed E-state index contributed by atoms with van der Waals surface area (Å²) in [6, 6.07) is 8.77. The van der Waals surface area contributed by atoms with Crippen LogP contribution in [0.15, 0.2) is 24.3 Å². The highest BCUT2D eigenvalue weighted by molar-refractivity contribution is 5.77. The zero-order valence-corrected chi connectivity index (χ0v) is 11.2. The minimum absolute atomic E-state index is 0.0585. The maximum Gasteiger partial charge on any atom is 0.224 e. The zero-order valence-electron chi connectivity index (χ0n) is 11.2. The van der Waals surface area contributed by atoms with E-state index < -0.39 is 0 Å². The Hall–Kier alpha value is -1.35. The van der Waals surface area contributed by atoms with Crippen LogP contribution in [0.1, 0.15) is 37.3 Å². The van der Waals surface area contributed by atoms with Crippen molar-refractivity contribution in [2.45, 2.75) is 51.7 Å². The normalized spacial score (nSPS) is 16.4. The number of hydrogen-bond acceptors (Lipinski definition) is 2. The monoisotopic (exact) mass is 246 g/mol. The first-order valence-electron chi connectivity index (χ1n) is 6.67. The van der Waals surface area contributed by atoms with Crippen molar-refractivity contribution >= 4 is 5.91 Å². The van der Waals surface area contributed by atoms with Crippen LogP contribution in [0.3, 0.4) is 0 Å². The Kier molecular flexibility index (Phi) is 4.02. The minimum atomic E-state index is -0.0585. The van der Waals surface area contributed by atoms with Gasteiger partial charge in [0, 0.05) is 25.0 Å². The maximum atomic E-state index is 12.2. The number of amides is 1. The molecule has 3 nitrogen and oxygen atoms in total. The Balaban J connectivity index is 2.02. The second-order valence-corrected chi connectivity index (χ2v) is 5.42. The van der Waals surface area contributed by atoms with Gasteiger partial charge in [-0.3, -0.25) is 4.79 Å². The SMILES string of the molecule is Cc1ccc(CN(C(=O)CC(C)N)C2CC2)cc1. The lowest BCUT2D eigenvalue weighted by Gasteiger charge is -2.23. The van der Waals surface area contributed by atoms with E-state index in [9.17, 15) is 4.79 Å². The zero-order chi connectivity index (χ0) is 13.1. The van der Waals surface area contributed by atoms with Crippen LogP contribution >= 0.6 is 0 Å². The van der Waals surface area contributed by atoms with Crippen molar-refractivity contribution in [1.29, 1.82) is 0 Å². The lowest BCUT2D eigenvalue weighted by molar-refractivity contribution is -0.132. The van der Waals surface area contributed by atoms with E-state index in [1.54, 1.807) is 0 Å². The highest BCUT2D eigenvalue weighted by Gasteiger charge is 2.32. The summed E-state index contributed by atoms with van der Waals surface area (Å²) >= 11 is 0. The quantitative estimate of drug-likeness (QED) is 0.866. The Morgan fingerprint density at radius 2 is 2.00 bits per heavy atom. The maximum absolute atomic E-state index is 12.2. The van der Waals surface area contributed by atoms with Gasteiger partial charge in [0.1, 0.15) is 0 Å². The fraction of sp³-hybridized carbons (Fsp3) is 0.533. The number of rotatable bonds is 5. The molecule has 0 aliphatic heterocycles. The molecule has 1 amide bonds. The van der Waals surface area contributed by atoms with E-state index in [4.69, 9.17) is 5.73 Å². The Morgan fingerprint density at radius 1 is 1.39 bits per heavy atom. The first-order valence-corrected chi connectivity index (χ1v) is 6.67. The number of nitrogens with zero attached hydrogens (tertiary/aromatic N) is 1. The van der Waals surface area contributed by atoms with Crippen molar-refractivity contribution < 1.29 is 4.79 Å². The number of carbonyl (C=O) groups excluding carboxylic acids is 1. The van der Waals surface area contributed by atoms with E-state index in [1.807, 2.05) is 11.8 Å². The van der Waals surface area contributed by atoms with Gasteiger partial charge in [0.25, 0.3) is 0 Å². The van der Waals surface area contributed by atoms with Crippen molar-refractivity contribution in [3.8, 4) is 0 Å². The van der Waals surface area contributed by atoms with Gasteiger partial charge >= 0.3 is 0 Å². The summed E-state index contributed by atoms with van der Waals surface area (Å²) in [4.78, 5) is 14.1. The van der Waals surface area contributed by atoms with Gasteiger partial charge < -0.3 is 10.6 Å². The van der Waals surface area contributed by atoms with E-state index >= 15 is 0 Å². The fourth-order valence-corrected chi connectivity index (χ4v) is 2.09. The molecule has 1 atom stereocenters. The van der Waals surface area contributed by atoms with Gasteiger partial charge in [-0.1, -0.05) is 29.8 Å². The van der Waals surface area contributed by atoms with Gasteiger partial charge in [-0.05, 0) is 32.3 Å². The Bertz CT molecular complexity index is 407. The molecule has 98 valence electrons. The average molecular weight is 246 g/mol. The highest BCUT2D eigenvalue weighted by Crippen LogP contribution is 2.29. The smallest absolute Gasteiger partial charge is 0.224 e. The topological polar surface area (TPSA) is 46.3 Å². The number of benzene rings is 1. The average Bonchev–Trinajstić information content (AvgIpc) is 3.11. The van der Waals surface area contributed by atoms with Gasteiger partial charge in [-0.15, -0.1) is 0 Å². The van der Waals surface area contributed by atoms with Crippen LogP contribution in [0.5, 0.6) is 0 Å². The van der Waals surface area contributed by atoms with Crippen LogP contribution in [0.25, 0.3) is 0 Å². The Morgan fingerprint density at radius 3 is 2.50 bits per heavy atom. The van der Waals surface area contributed by atoms with E-state index in [1.165, 1.54) is 11.1 Å². The molecule has 1 aliphatic rings. The molecule has 3 heteroatoms. The first-order chi connectivity index (χ1) is 8.56. The lowest BCUT2D eigenvalue weighted by Crippen LogP contribution is -2.36. The molecule has 0 saturated heterocycles. The van der Waals surface area contributed by atoms with Crippen LogP contribution in [0.4, 0.5) is 0 Å². The van der Waals surface area contributed by atoms with Crippen LogP contribution < -0.4 is 5.73 Å². The first kappa shape index (κ1) is 13.1. The third-order valence-corrected chi connectivity index (χ3v) is 3.28. The molecule has 1 aliphatic carbocycles. The lowest BCUT2D eigenvalue weighted by atomic mass is 10.1. The molecule has 0 radical (unpaired) electrons. The summed E-state index contributed by atoms with van der Waals surface area (Å²) in [5, 5.41) is 0. The molecule has 1 unspecified atom stereocenters. The minimum Gasteiger partial charge on any atom is -0.335 e.